The highest BCUT2D eigenvalue weighted by molar-refractivity contribution is 7.89. The largest absolute Gasteiger partial charge is 0.386 e. The molecule has 12 heteroatoms. The molecule has 0 radical (unpaired) electrons. The number of nitrogens with two attached hydrogens (primary N) is 1. The molecule has 2 aromatic rings. The molecule has 0 saturated carbocycles. The molecule has 0 bridgehead atoms. The van der Waals surface area contributed by atoms with E-state index in [4.69, 9.17) is 15.0 Å². The lowest BCUT2D eigenvalue weighted by Gasteiger charge is -2.07. The van der Waals surface area contributed by atoms with Crippen LogP contribution in [0.2, 0.25) is 0 Å². The van der Waals surface area contributed by atoms with Gasteiger partial charge in [0.2, 0.25) is 10.0 Å². The predicted molar refractivity (Wildman–Crippen MR) is 103 cm³/mol. The van der Waals surface area contributed by atoms with Crippen molar-refractivity contribution < 1.29 is 26.2 Å². The van der Waals surface area contributed by atoms with Crippen molar-refractivity contribution in [1.82, 2.24) is 5.32 Å². The van der Waals surface area contributed by atoms with E-state index in [2.05, 4.69) is 10.6 Å². The van der Waals surface area contributed by atoms with E-state index >= 15 is 0 Å². The maximum Gasteiger partial charge on any atom is 0.294 e. The summed E-state index contributed by atoms with van der Waals surface area (Å²) in [4.78, 5) is 11.7. The number of hydrogen-bond acceptors (Lipinski definition) is 7. The number of amides is 1. The minimum Gasteiger partial charge on any atom is -0.386 e. The summed E-state index contributed by atoms with van der Waals surface area (Å²) in [5, 5.41) is 19.3. The number of nitrogens with one attached hydrogen (secondary N) is 2. The van der Waals surface area contributed by atoms with Gasteiger partial charge in [-0.25, -0.2) is 13.6 Å². The Morgan fingerprint density at radius 3 is 2.31 bits per heavy atom. The Hall–Kier alpha value is -3.24. The van der Waals surface area contributed by atoms with Crippen molar-refractivity contribution in [1.29, 1.82) is 5.26 Å². The predicted octanol–water partition coefficient (Wildman–Crippen LogP) is 0.716. The first-order valence-corrected chi connectivity index (χ1v) is 10.8. The van der Waals surface area contributed by atoms with Crippen molar-refractivity contribution in [2.75, 3.05) is 5.32 Å². The van der Waals surface area contributed by atoms with Crippen molar-refractivity contribution in [3.8, 4) is 6.07 Å². The van der Waals surface area contributed by atoms with Crippen LogP contribution in [-0.4, -0.2) is 27.3 Å². The molecular formula is C17H16N4O6S2. The number of carbonyl (C=O) groups is 1. The Morgan fingerprint density at radius 2 is 1.76 bits per heavy atom. The summed E-state index contributed by atoms with van der Waals surface area (Å²) in [6, 6.07) is 12.3. The van der Waals surface area contributed by atoms with Gasteiger partial charge >= 0.3 is 0 Å². The van der Waals surface area contributed by atoms with Crippen molar-refractivity contribution in [2.45, 2.75) is 16.3 Å². The molecule has 2 aromatic carbocycles. The summed E-state index contributed by atoms with van der Waals surface area (Å²) in [5.74, 6) is -0.794. The molecule has 1 amide bonds. The van der Waals surface area contributed by atoms with Gasteiger partial charge in [-0.05, 0) is 35.9 Å². The minimum absolute atomic E-state index is 0.0407. The highest BCUT2D eigenvalue weighted by Gasteiger charge is 2.13. The zero-order valence-electron chi connectivity index (χ0n) is 14.7. The van der Waals surface area contributed by atoms with Gasteiger partial charge in [-0.1, -0.05) is 18.2 Å². The normalized spacial score (nSPS) is 12.1. The molecule has 0 spiro atoms. The summed E-state index contributed by atoms with van der Waals surface area (Å²) in [6.07, 6.45) is 1.16. The Bertz CT molecular complexity index is 1200. The fourth-order valence-corrected chi connectivity index (χ4v) is 3.19. The van der Waals surface area contributed by atoms with Crippen LogP contribution >= 0.6 is 0 Å². The lowest BCUT2D eigenvalue weighted by atomic mass is 10.2. The Balaban J connectivity index is 2.04. The van der Waals surface area contributed by atoms with Crippen LogP contribution in [0.5, 0.6) is 0 Å². The van der Waals surface area contributed by atoms with Gasteiger partial charge in [-0.2, -0.15) is 13.7 Å². The zero-order valence-corrected chi connectivity index (χ0v) is 16.4. The number of primary sulfonamides is 1. The molecule has 0 heterocycles. The van der Waals surface area contributed by atoms with E-state index in [0.29, 0.717) is 5.56 Å². The molecule has 10 nitrogen and oxygen atoms in total. The topological polar surface area (TPSA) is 179 Å². The van der Waals surface area contributed by atoms with E-state index in [1.54, 1.807) is 6.07 Å². The summed E-state index contributed by atoms with van der Waals surface area (Å²) in [7, 11) is -8.23. The van der Waals surface area contributed by atoms with Gasteiger partial charge < -0.3 is 10.6 Å². The average molecular weight is 436 g/mol. The third-order valence-corrected chi connectivity index (χ3v) is 5.34. The zero-order chi connectivity index (χ0) is 21.7. The number of anilines is 1. The number of hydrogen-bond donors (Lipinski definition) is 4. The Labute approximate surface area is 167 Å². The lowest BCUT2D eigenvalue weighted by molar-refractivity contribution is -0.112. The lowest BCUT2D eigenvalue weighted by Crippen LogP contribution is -2.17. The van der Waals surface area contributed by atoms with Gasteiger partial charge in [-0.15, -0.1) is 0 Å². The van der Waals surface area contributed by atoms with E-state index in [9.17, 15) is 21.6 Å². The fraction of sp³-hybridized carbons (Fsp3) is 0.0588. The van der Waals surface area contributed by atoms with Crippen molar-refractivity contribution in [3.63, 3.8) is 0 Å². The first-order valence-electron chi connectivity index (χ1n) is 7.85. The molecule has 0 aliphatic carbocycles. The summed E-state index contributed by atoms with van der Waals surface area (Å²) in [5.41, 5.74) is 0.459. The van der Waals surface area contributed by atoms with Crippen LogP contribution in [-0.2, 0) is 31.5 Å². The van der Waals surface area contributed by atoms with Crippen LogP contribution in [0.3, 0.4) is 0 Å². The second-order valence-electron chi connectivity index (χ2n) is 5.70. The Morgan fingerprint density at radius 1 is 1.10 bits per heavy atom. The third-order valence-electron chi connectivity index (χ3n) is 3.56. The van der Waals surface area contributed by atoms with E-state index in [-0.39, 0.29) is 22.7 Å². The molecule has 29 heavy (non-hydrogen) atoms. The smallest absolute Gasteiger partial charge is 0.294 e. The number of carbonyl (C=O) groups excluding carboxylic acids is 1. The molecule has 0 saturated heterocycles. The van der Waals surface area contributed by atoms with Gasteiger partial charge in [0.25, 0.3) is 16.0 Å². The quantitative estimate of drug-likeness (QED) is 0.278. The number of benzene rings is 2. The van der Waals surface area contributed by atoms with Crippen LogP contribution in [0.15, 0.2) is 70.1 Å². The summed E-state index contributed by atoms with van der Waals surface area (Å²) in [6.45, 7) is 0.196. The van der Waals surface area contributed by atoms with E-state index in [1.807, 2.05) is 0 Å². The summed E-state index contributed by atoms with van der Waals surface area (Å²) >= 11 is 0. The van der Waals surface area contributed by atoms with Crippen molar-refractivity contribution in [3.05, 3.63) is 65.9 Å². The summed E-state index contributed by atoms with van der Waals surface area (Å²) < 4.78 is 53.7. The van der Waals surface area contributed by atoms with E-state index < -0.39 is 30.9 Å². The molecule has 0 fully saturated rings. The number of nitrogens with zero attached hydrogens (tertiary/aromatic N) is 1. The number of rotatable bonds is 7. The van der Waals surface area contributed by atoms with Crippen LogP contribution in [0.1, 0.15) is 5.56 Å². The fourth-order valence-electron chi connectivity index (χ4n) is 2.15. The van der Waals surface area contributed by atoms with Gasteiger partial charge in [-0.3, -0.25) is 9.35 Å². The maximum absolute atomic E-state index is 12.2. The average Bonchev–Trinajstić information content (AvgIpc) is 2.64. The van der Waals surface area contributed by atoms with Crippen molar-refractivity contribution in [2.24, 2.45) is 5.14 Å². The molecule has 152 valence electrons. The Kier molecular flexibility index (Phi) is 6.72. The standard InChI is InChI=1S/C17H16N4O6S2/c18-9-13(11-20-10-12-4-6-15(7-5-12)28(19,23)24)17(22)21-14-2-1-3-16(8-14)29(25,26)27/h1-8,11,20H,10H2,(H,21,22)(H2,19,23,24)(H,25,26,27)/b13-11-. The first kappa shape index (κ1) is 22.1. The van der Waals surface area contributed by atoms with Gasteiger partial charge in [0.05, 0.1) is 9.79 Å². The molecular weight excluding hydrogens is 420 g/mol. The van der Waals surface area contributed by atoms with E-state index in [1.165, 1.54) is 36.4 Å². The second-order valence-corrected chi connectivity index (χ2v) is 8.68. The molecule has 0 aliphatic rings. The minimum atomic E-state index is -4.43. The van der Waals surface area contributed by atoms with Crippen LogP contribution in [0.4, 0.5) is 5.69 Å². The van der Waals surface area contributed by atoms with Gasteiger partial charge in [0.1, 0.15) is 11.6 Å². The second kappa shape index (κ2) is 8.84. The molecule has 0 unspecified atom stereocenters. The molecule has 0 atom stereocenters. The van der Waals surface area contributed by atoms with Crippen LogP contribution in [0, 0.1) is 11.3 Å². The molecule has 0 aliphatic heterocycles. The molecule has 5 N–H and O–H groups in total. The SMILES string of the molecule is N#C/C(=C/NCc1ccc(S(N)(=O)=O)cc1)C(=O)Nc1cccc(S(=O)(=O)O)c1. The van der Waals surface area contributed by atoms with Gasteiger partial charge in [0.15, 0.2) is 0 Å². The highest BCUT2D eigenvalue weighted by atomic mass is 32.2. The van der Waals surface area contributed by atoms with Crippen molar-refractivity contribution >= 4 is 31.7 Å². The number of sulfonamides is 1. The maximum atomic E-state index is 12.2. The van der Waals surface area contributed by atoms with Crippen LogP contribution < -0.4 is 15.8 Å². The highest BCUT2D eigenvalue weighted by Crippen LogP contribution is 2.16. The first-order chi connectivity index (χ1) is 13.5. The van der Waals surface area contributed by atoms with Crippen LogP contribution in [0.25, 0.3) is 0 Å². The van der Waals surface area contributed by atoms with E-state index in [0.717, 1.165) is 18.3 Å². The number of nitriles is 1. The monoisotopic (exact) mass is 436 g/mol. The third kappa shape index (κ3) is 6.40. The van der Waals surface area contributed by atoms with Gasteiger partial charge in [0, 0.05) is 18.4 Å². The molecule has 0 aromatic heterocycles. The molecule has 2 rings (SSSR count).